The van der Waals surface area contributed by atoms with Crippen molar-refractivity contribution in [2.24, 2.45) is 22.7 Å². The second-order valence-electron chi connectivity index (χ2n) is 20.4. The third-order valence-electron chi connectivity index (χ3n) is 16.0. The maximum absolute atomic E-state index is 2.49. The van der Waals surface area contributed by atoms with E-state index in [0.29, 0.717) is 22.7 Å². The minimum Gasteiger partial charge on any atom is -1.00 e. The van der Waals surface area contributed by atoms with Gasteiger partial charge in [0.25, 0.3) is 0 Å². The topological polar surface area (TPSA) is 0 Å². The van der Waals surface area contributed by atoms with Gasteiger partial charge in [0.1, 0.15) is 0 Å². The van der Waals surface area contributed by atoms with Gasteiger partial charge in [0, 0.05) is 0 Å². The van der Waals surface area contributed by atoms with Crippen LogP contribution in [0.25, 0.3) is 43.8 Å². The fourth-order valence-electron chi connectivity index (χ4n) is 12.1. The van der Waals surface area contributed by atoms with E-state index in [4.69, 9.17) is 0 Å². The van der Waals surface area contributed by atoms with Crippen molar-refractivity contribution in [1.29, 1.82) is 0 Å². The Morgan fingerprint density at radius 2 is 0.984 bits per heavy atom. The molecule has 0 nitrogen and oxygen atoms in total. The molecule has 0 amide bonds. The monoisotopic (exact) mass is 956 g/mol. The SMILES string of the molecule is CCC(C)c1ccc(-c2cccc3[cH-]c(CC45CCC(CC4)C5)cc23)cc1.CCC(C)c1ccc(-c2cccc3[cH-]c(CC45CCC(CC4)C5)cc23)cc1.CCC[Si](C)=[Zr+2].[Cl-].[Cl-]. The minimum absolute atomic E-state index is 0. The van der Waals surface area contributed by atoms with E-state index >= 15 is 0 Å². The van der Waals surface area contributed by atoms with Crippen LogP contribution in [0.1, 0.15) is 152 Å². The molecule has 0 radical (unpaired) electrons. The number of rotatable bonds is 12. The van der Waals surface area contributed by atoms with Crippen molar-refractivity contribution >= 4 is 27.0 Å². The molecule has 0 aliphatic heterocycles. The van der Waals surface area contributed by atoms with Gasteiger partial charge in [-0.15, -0.1) is 69.1 Å². The predicted molar refractivity (Wildman–Crippen MR) is 260 cm³/mol. The molecule has 0 spiro atoms. The average molecular weight is 959 g/mol. The summed E-state index contributed by atoms with van der Waals surface area (Å²) < 4.78 is 0. The van der Waals surface area contributed by atoms with Crippen molar-refractivity contribution in [3.63, 3.8) is 0 Å². The van der Waals surface area contributed by atoms with E-state index in [1.807, 2.05) is 0 Å². The molecule has 2 atom stereocenters. The Bertz CT molecular complexity index is 2190. The van der Waals surface area contributed by atoms with Gasteiger partial charge in [-0.2, -0.15) is 12.1 Å². The molecule has 0 aromatic heterocycles. The van der Waals surface area contributed by atoms with Crippen LogP contribution in [0.2, 0.25) is 12.6 Å². The quantitative estimate of drug-likeness (QED) is 0.0847. The molecule has 6 aromatic carbocycles. The van der Waals surface area contributed by atoms with Crippen LogP contribution in [-0.4, -0.2) is 5.43 Å². The Morgan fingerprint density at radius 3 is 1.27 bits per heavy atom. The molecule has 4 aliphatic rings. The maximum atomic E-state index is 2.49. The Hall–Kier alpha value is -2.22. The van der Waals surface area contributed by atoms with Gasteiger partial charge in [0.05, 0.1) is 0 Å². The van der Waals surface area contributed by atoms with Crippen molar-refractivity contribution in [1.82, 2.24) is 0 Å². The van der Waals surface area contributed by atoms with Gasteiger partial charge in [-0.1, -0.05) is 99.5 Å². The fourth-order valence-corrected chi connectivity index (χ4v) is 14.7. The first kappa shape index (κ1) is 49.2. The fraction of sp³-hybridized carbons (Fsp3) is 0.483. The summed E-state index contributed by atoms with van der Waals surface area (Å²) in [6.45, 7) is 13.8. The molecule has 2 unspecified atom stereocenters. The second-order valence-corrected chi connectivity index (χ2v) is 28.7. The van der Waals surface area contributed by atoms with Gasteiger partial charge < -0.3 is 24.8 Å². The molecule has 62 heavy (non-hydrogen) atoms. The Balaban J connectivity index is 0.000000178. The molecular weight excluding hydrogens is 887 g/mol. The largest absolute Gasteiger partial charge is 1.00 e. The third kappa shape index (κ3) is 11.2. The molecule has 4 aliphatic carbocycles. The van der Waals surface area contributed by atoms with E-state index < -0.39 is 0 Å². The summed E-state index contributed by atoms with van der Waals surface area (Å²) in [5, 5.41) is 5.70. The average Bonchev–Trinajstić information content (AvgIpc) is 4.14. The van der Waals surface area contributed by atoms with Crippen molar-refractivity contribution in [3.05, 3.63) is 131 Å². The first-order valence-electron chi connectivity index (χ1n) is 24.2. The number of benzene rings is 4. The summed E-state index contributed by atoms with van der Waals surface area (Å²) in [4.78, 5) is 0. The molecule has 4 saturated carbocycles. The normalized spacial score (nSPS) is 22.9. The molecule has 0 heterocycles. The summed E-state index contributed by atoms with van der Waals surface area (Å²) in [5.74, 6) is 3.35. The molecule has 0 N–H and O–H groups in total. The Labute approximate surface area is 403 Å². The number of halogens is 2. The van der Waals surface area contributed by atoms with Crippen LogP contribution >= 0.6 is 0 Å². The molecule has 4 heteroatoms. The van der Waals surface area contributed by atoms with Crippen molar-refractivity contribution in [2.75, 3.05) is 0 Å². The number of fused-ring (bicyclic) bond motifs is 6. The van der Waals surface area contributed by atoms with Crippen LogP contribution in [0, 0.1) is 22.7 Å². The van der Waals surface area contributed by atoms with Gasteiger partial charge in [-0.25, -0.2) is 0 Å². The van der Waals surface area contributed by atoms with Gasteiger partial charge in [0.2, 0.25) is 0 Å². The van der Waals surface area contributed by atoms with E-state index in [-0.39, 0.29) is 30.2 Å². The molecule has 10 rings (SSSR count). The first-order valence-corrected chi connectivity index (χ1v) is 30.1. The predicted octanol–water partition coefficient (Wildman–Crippen LogP) is 11.3. The summed E-state index contributed by atoms with van der Waals surface area (Å²) in [6, 6.07) is 43.6. The standard InChI is InChI=1S/2C27H31.C4H10Si.2ClH.Zr/c2*1-3-19(2)22-7-9-23(10-8-22)25-6-4-5-24-15-21(16-26(24)25)18-27-13-11-20(17-27)12-14-27;1-3-4-5-2;;;/h2*4-10,15-16,19-20H,3,11-14,17-18H2,1-2H3;3-4H2,1-2H3;2*1H;/q2*-1;;;;+2/p-2. The van der Waals surface area contributed by atoms with E-state index in [1.165, 1.54) is 157 Å². The smallest absolute Gasteiger partial charge is 1.00 e. The Morgan fingerprint density at radius 1 is 0.597 bits per heavy atom. The molecular formula is C58H72Cl2SiZr-2. The van der Waals surface area contributed by atoms with E-state index in [2.05, 4.69) is 150 Å². The number of hydrogen-bond donors (Lipinski definition) is 0. The maximum Gasteiger partial charge on any atom is -1.00 e. The third-order valence-corrected chi connectivity index (χ3v) is 19.1. The van der Waals surface area contributed by atoms with Crippen LogP contribution < -0.4 is 24.8 Å². The van der Waals surface area contributed by atoms with Gasteiger partial charge in [-0.05, 0) is 147 Å². The van der Waals surface area contributed by atoms with Crippen molar-refractivity contribution in [2.45, 2.75) is 155 Å². The van der Waals surface area contributed by atoms with E-state index in [9.17, 15) is 0 Å². The van der Waals surface area contributed by atoms with Crippen LogP contribution in [0.15, 0.2) is 109 Å². The van der Waals surface area contributed by atoms with Crippen LogP contribution in [0.3, 0.4) is 0 Å². The Kier molecular flexibility index (Phi) is 17.3. The van der Waals surface area contributed by atoms with Crippen molar-refractivity contribution < 1.29 is 48.1 Å². The molecule has 4 fully saturated rings. The number of hydrogen-bond acceptors (Lipinski definition) is 0. The molecule has 0 saturated heterocycles. The summed E-state index contributed by atoms with van der Waals surface area (Å²) in [7, 11) is 0. The minimum atomic E-state index is 0. The molecule has 328 valence electrons. The van der Waals surface area contributed by atoms with Gasteiger partial charge in [-0.3, -0.25) is 0 Å². The zero-order valence-corrected chi connectivity index (χ0v) is 43.7. The van der Waals surface area contributed by atoms with Crippen LogP contribution in [0.5, 0.6) is 0 Å². The van der Waals surface area contributed by atoms with E-state index in [0.717, 1.165) is 11.8 Å². The second kappa shape index (κ2) is 21.8. The first-order chi connectivity index (χ1) is 29.1. The zero-order chi connectivity index (χ0) is 41.9. The van der Waals surface area contributed by atoms with Gasteiger partial charge >= 0.3 is 54.7 Å². The summed E-state index contributed by atoms with van der Waals surface area (Å²) >= 11 is 1.79. The summed E-state index contributed by atoms with van der Waals surface area (Å²) in [5.41, 5.74) is 13.0. The molecule has 6 aromatic rings. The van der Waals surface area contributed by atoms with Crippen LogP contribution in [0.4, 0.5) is 0 Å². The summed E-state index contributed by atoms with van der Waals surface area (Å²) in [6.07, 6.45) is 21.1. The zero-order valence-electron chi connectivity index (χ0n) is 38.8. The van der Waals surface area contributed by atoms with E-state index in [1.54, 1.807) is 34.5 Å². The van der Waals surface area contributed by atoms with Gasteiger partial charge in [0.15, 0.2) is 0 Å². The van der Waals surface area contributed by atoms with Crippen molar-refractivity contribution in [3.8, 4) is 22.3 Å². The molecule has 4 bridgehead atoms. The van der Waals surface area contributed by atoms with Crippen LogP contribution in [-0.2, 0) is 36.2 Å².